The van der Waals surface area contributed by atoms with Gasteiger partial charge in [0.1, 0.15) is 0 Å². The zero-order valence-electron chi connectivity index (χ0n) is 2.13. The molecule has 0 saturated heterocycles. The van der Waals surface area contributed by atoms with E-state index in [1.165, 1.54) is 0 Å². The molecule has 0 aliphatic rings. The molecule has 0 heterocycles. The molecule has 0 bridgehead atoms. The SMILES string of the molecule is Cl.Cl.Cl.O.[Sm]. The van der Waals surface area contributed by atoms with Crippen molar-refractivity contribution in [1.82, 2.24) is 0 Å². The minimum absolute atomic E-state index is 0. The van der Waals surface area contributed by atoms with Crippen molar-refractivity contribution in [3.8, 4) is 0 Å². The normalized spacial score (nSPS) is 0. The van der Waals surface area contributed by atoms with Crippen LogP contribution in [-0.4, -0.2) is 5.48 Å². The van der Waals surface area contributed by atoms with Crippen LogP contribution in [0.4, 0.5) is 0 Å². The summed E-state index contributed by atoms with van der Waals surface area (Å²) in [6, 6.07) is 0. The van der Waals surface area contributed by atoms with Crippen molar-refractivity contribution >= 4 is 37.2 Å². The van der Waals surface area contributed by atoms with Gasteiger partial charge in [-0.05, 0) is 0 Å². The molecule has 0 aliphatic carbocycles. The minimum Gasteiger partial charge on any atom is -0.412 e. The first kappa shape index (κ1) is 58.0. The molecule has 0 rings (SSSR count). The summed E-state index contributed by atoms with van der Waals surface area (Å²) >= 11 is 0. The van der Waals surface area contributed by atoms with E-state index < -0.39 is 0 Å². The maximum Gasteiger partial charge on any atom is 0 e. The molecular formula is H5Cl3OSm. The molecule has 0 radical (unpaired) electrons. The molecular weight excluding hydrogens is 273 g/mol. The Hall–Kier alpha value is 2.17. The summed E-state index contributed by atoms with van der Waals surface area (Å²) in [7, 11) is 0. The van der Waals surface area contributed by atoms with Crippen molar-refractivity contribution in [3.63, 3.8) is 0 Å². The fraction of sp³-hybridized carbons (Fsp3) is 0. The van der Waals surface area contributed by atoms with Gasteiger partial charge in [0.05, 0.1) is 0 Å². The summed E-state index contributed by atoms with van der Waals surface area (Å²) in [5.74, 6) is 0. The van der Waals surface area contributed by atoms with Gasteiger partial charge in [-0.2, -0.15) is 0 Å². The van der Waals surface area contributed by atoms with Gasteiger partial charge in [0.2, 0.25) is 0 Å². The molecule has 0 aromatic carbocycles. The maximum absolute atomic E-state index is 0. The van der Waals surface area contributed by atoms with Crippen LogP contribution in [0, 0.1) is 40.4 Å². The van der Waals surface area contributed by atoms with Crippen molar-refractivity contribution in [2.45, 2.75) is 0 Å². The Bertz CT molecular complexity index is 6.85. The molecule has 38 valence electrons. The van der Waals surface area contributed by atoms with Gasteiger partial charge in [-0.25, -0.2) is 0 Å². The van der Waals surface area contributed by atoms with Crippen molar-refractivity contribution < 1.29 is 45.9 Å². The van der Waals surface area contributed by atoms with E-state index in [1.54, 1.807) is 0 Å². The van der Waals surface area contributed by atoms with Crippen molar-refractivity contribution in [2.75, 3.05) is 0 Å². The topological polar surface area (TPSA) is 31.5 Å². The second-order valence-electron chi connectivity index (χ2n) is 0. The van der Waals surface area contributed by atoms with Gasteiger partial charge < -0.3 is 5.48 Å². The Morgan fingerprint density at radius 2 is 0.600 bits per heavy atom. The van der Waals surface area contributed by atoms with E-state index >= 15 is 0 Å². The predicted octanol–water partition coefficient (Wildman–Crippen LogP) is 0.441. The number of rotatable bonds is 0. The van der Waals surface area contributed by atoms with Crippen LogP contribution in [0.25, 0.3) is 0 Å². The summed E-state index contributed by atoms with van der Waals surface area (Å²) in [5, 5.41) is 0. The summed E-state index contributed by atoms with van der Waals surface area (Å²) in [6.45, 7) is 0. The predicted molar refractivity (Wildman–Crippen MR) is 25.4 cm³/mol. The van der Waals surface area contributed by atoms with Crippen LogP contribution in [0.15, 0.2) is 0 Å². The number of hydrogen-bond donors (Lipinski definition) is 0. The van der Waals surface area contributed by atoms with Gasteiger partial charge in [-0.1, -0.05) is 0 Å². The monoisotopic (exact) mass is 278 g/mol. The van der Waals surface area contributed by atoms with Crippen LogP contribution in [0.3, 0.4) is 0 Å². The Labute approximate surface area is 81.9 Å². The Balaban J connectivity index is 0. The average Bonchev–Trinajstić information content (AvgIpc) is 0. The van der Waals surface area contributed by atoms with E-state index in [0.29, 0.717) is 0 Å². The summed E-state index contributed by atoms with van der Waals surface area (Å²) in [6.07, 6.45) is 0. The zero-order chi connectivity index (χ0) is 0. The van der Waals surface area contributed by atoms with Crippen LogP contribution < -0.4 is 0 Å². The molecule has 0 aromatic rings. The van der Waals surface area contributed by atoms with Gasteiger partial charge in [-0.3, -0.25) is 0 Å². The standard InChI is InChI=1S/3ClH.H2O.Sm/h3*1H;1H2;. The van der Waals surface area contributed by atoms with E-state index in [9.17, 15) is 0 Å². The molecule has 0 aliphatic heterocycles. The first-order chi connectivity index (χ1) is 0. The Morgan fingerprint density at radius 3 is 0.600 bits per heavy atom. The van der Waals surface area contributed by atoms with E-state index in [-0.39, 0.29) is 83.1 Å². The second kappa shape index (κ2) is 35.1. The van der Waals surface area contributed by atoms with Crippen molar-refractivity contribution in [2.24, 2.45) is 0 Å². The third-order valence-electron chi connectivity index (χ3n) is 0. The molecule has 0 atom stereocenters. The fourth-order valence-electron chi connectivity index (χ4n) is 0. The first-order valence-corrected chi connectivity index (χ1v) is 0. The largest absolute Gasteiger partial charge is 0.412 e. The van der Waals surface area contributed by atoms with Gasteiger partial charge >= 0.3 is 0 Å². The van der Waals surface area contributed by atoms with E-state index in [2.05, 4.69) is 0 Å². The first-order valence-electron chi connectivity index (χ1n) is 0. The summed E-state index contributed by atoms with van der Waals surface area (Å²) < 4.78 is 0. The van der Waals surface area contributed by atoms with Crippen LogP contribution in [0.5, 0.6) is 0 Å². The molecule has 0 saturated carbocycles. The van der Waals surface area contributed by atoms with Crippen LogP contribution in [0.2, 0.25) is 0 Å². The third-order valence-corrected chi connectivity index (χ3v) is 0. The van der Waals surface area contributed by atoms with Crippen LogP contribution in [-0.2, 0) is 0 Å². The molecule has 0 aromatic heterocycles. The van der Waals surface area contributed by atoms with E-state index in [0.717, 1.165) is 0 Å². The van der Waals surface area contributed by atoms with Crippen molar-refractivity contribution in [1.29, 1.82) is 0 Å². The molecule has 1 nitrogen and oxygen atoms in total. The van der Waals surface area contributed by atoms with E-state index in [4.69, 9.17) is 0 Å². The summed E-state index contributed by atoms with van der Waals surface area (Å²) in [4.78, 5) is 0. The zero-order valence-corrected chi connectivity index (χ0v) is 7.20. The number of hydrogen-bond acceptors (Lipinski definition) is 0. The van der Waals surface area contributed by atoms with E-state index in [1.807, 2.05) is 0 Å². The molecule has 5 heteroatoms. The molecule has 0 fully saturated rings. The Kier molecular flexibility index (Phi) is 407. The average molecular weight is 278 g/mol. The third kappa shape index (κ3) is 22.8. The maximum atomic E-state index is 0. The minimum atomic E-state index is 0. The molecule has 0 amide bonds. The van der Waals surface area contributed by atoms with Gasteiger partial charge in [0, 0.05) is 40.4 Å². The molecule has 0 unspecified atom stereocenters. The quantitative estimate of drug-likeness (QED) is 0.616. The number of halogens is 3. The van der Waals surface area contributed by atoms with Crippen LogP contribution >= 0.6 is 37.2 Å². The molecule has 2 N–H and O–H groups in total. The van der Waals surface area contributed by atoms with Gasteiger partial charge in [-0.15, -0.1) is 37.2 Å². The van der Waals surface area contributed by atoms with Gasteiger partial charge in [0.25, 0.3) is 0 Å². The smallest absolute Gasteiger partial charge is 0 e. The summed E-state index contributed by atoms with van der Waals surface area (Å²) in [5.41, 5.74) is 0. The molecule has 5 heavy (non-hydrogen) atoms. The Morgan fingerprint density at radius 1 is 0.600 bits per heavy atom. The second-order valence-corrected chi connectivity index (χ2v) is 0. The van der Waals surface area contributed by atoms with Crippen molar-refractivity contribution in [3.05, 3.63) is 0 Å². The van der Waals surface area contributed by atoms with Crippen LogP contribution in [0.1, 0.15) is 0 Å². The molecule has 0 spiro atoms. The van der Waals surface area contributed by atoms with Gasteiger partial charge in [0.15, 0.2) is 0 Å². The fourth-order valence-corrected chi connectivity index (χ4v) is 0.